The molecule has 0 aliphatic rings. The van der Waals surface area contributed by atoms with Crippen molar-refractivity contribution in [1.82, 2.24) is 15.3 Å². The summed E-state index contributed by atoms with van der Waals surface area (Å²) in [6.07, 6.45) is 2.86. The van der Waals surface area contributed by atoms with Gasteiger partial charge in [-0.25, -0.2) is 14.8 Å². The van der Waals surface area contributed by atoms with Gasteiger partial charge in [-0.2, -0.15) is 0 Å². The molecule has 2 aromatic rings. The molecule has 0 radical (unpaired) electrons. The van der Waals surface area contributed by atoms with Gasteiger partial charge in [-0.15, -0.1) is 12.4 Å². The molecule has 134 valence electrons. The lowest BCUT2D eigenvalue weighted by molar-refractivity contribution is 0.0633. The average molecular weight is 366 g/mol. The van der Waals surface area contributed by atoms with Crippen molar-refractivity contribution in [3.63, 3.8) is 0 Å². The van der Waals surface area contributed by atoms with Gasteiger partial charge in [-0.05, 0) is 18.9 Å². The first-order valence-corrected chi connectivity index (χ1v) is 7.58. The quantitative estimate of drug-likeness (QED) is 0.697. The van der Waals surface area contributed by atoms with Gasteiger partial charge in [0.1, 0.15) is 5.69 Å². The van der Waals surface area contributed by atoms with Gasteiger partial charge in [0.15, 0.2) is 5.69 Å². The predicted molar refractivity (Wildman–Crippen MR) is 94.0 cm³/mol. The van der Waals surface area contributed by atoms with E-state index in [-0.39, 0.29) is 29.9 Å². The topological polar surface area (TPSA) is 101 Å². The normalized spacial score (nSPS) is 11.2. The molecule has 0 bridgehead atoms. The van der Waals surface area contributed by atoms with Crippen LogP contribution in [0.25, 0.3) is 0 Å². The van der Waals surface area contributed by atoms with E-state index >= 15 is 0 Å². The van der Waals surface area contributed by atoms with Gasteiger partial charge in [0, 0.05) is 13.2 Å². The highest BCUT2D eigenvalue weighted by Crippen LogP contribution is 2.15. The van der Waals surface area contributed by atoms with E-state index in [0.29, 0.717) is 19.6 Å². The fraction of sp³-hybridized carbons (Fsp3) is 0.294. The first-order chi connectivity index (χ1) is 11.6. The van der Waals surface area contributed by atoms with Crippen LogP contribution in [0, 0.1) is 0 Å². The SMILES string of the molecule is CC(OCCCNC(=O)c1cnc(C(=O)O)cn1)c1ccccc1.Cl. The molecule has 1 aromatic carbocycles. The Hall–Kier alpha value is -2.51. The van der Waals surface area contributed by atoms with Crippen molar-refractivity contribution in [2.45, 2.75) is 19.4 Å². The van der Waals surface area contributed by atoms with Gasteiger partial charge >= 0.3 is 5.97 Å². The number of halogens is 1. The number of rotatable bonds is 8. The molecule has 2 rings (SSSR count). The second kappa shape index (κ2) is 10.4. The van der Waals surface area contributed by atoms with Crippen molar-refractivity contribution >= 4 is 24.3 Å². The number of carbonyl (C=O) groups excluding carboxylic acids is 1. The van der Waals surface area contributed by atoms with Gasteiger partial charge in [-0.3, -0.25) is 4.79 Å². The van der Waals surface area contributed by atoms with Crippen molar-refractivity contribution in [2.75, 3.05) is 13.2 Å². The van der Waals surface area contributed by atoms with Gasteiger partial charge in [-0.1, -0.05) is 30.3 Å². The largest absolute Gasteiger partial charge is 0.476 e. The number of ether oxygens (including phenoxy) is 1. The summed E-state index contributed by atoms with van der Waals surface area (Å²) in [5, 5.41) is 11.4. The number of carboxylic acids is 1. The minimum absolute atomic E-state index is 0. The highest BCUT2D eigenvalue weighted by molar-refractivity contribution is 5.92. The molecule has 0 aliphatic heterocycles. The lowest BCUT2D eigenvalue weighted by Crippen LogP contribution is -2.26. The summed E-state index contributed by atoms with van der Waals surface area (Å²) in [6, 6.07) is 9.90. The van der Waals surface area contributed by atoms with E-state index in [9.17, 15) is 9.59 Å². The van der Waals surface area contributed by atoms with Gasteiger partial charge in [0.2, 0.25) is 0 Å². The molecule has 2 N–H and O–H groups in total. The van der Waals surface area contributed by atoms with Crippen LogP contribution in [0.15, 0.2) is 42.7 Å². The maximum Gasteiger partial charge on any atom is 0.356 e. The Kier molecular flexibility index (Phi) is 8.52. The van der Waals surface area contributed by atoms with E-state index in [0.717, 1.165) is 18.0 Å². The Morgan fingerprint density at radius 2 is 1.80 bits per heavy atom. The zero-order chi connectivity index (χ0) is 17.4. The Morgan fingerprint density at radius 3 is 2.40 bits per heavy atom. The van der Waals surface area contributed by atoms with Crippen LogP contribution in [0.3, 0.4) is 0 Å². The molecule has 1 aromatic heterocycles. The van der Waals surface area contributed by atoms with E-state index in [1.54, 1.807) is 0 Å². The third-order valence-corrected chi connectivity index (χ3v) is 3.35. The highest BCUT2D eigenvalue weighted by atomic mass is 35.5. The Balaban J connectivity index is 0.00000312. The molecule has 1 amide bonds. The monoisotopic (exact) mass is 365 g/mol. The Bertz CT molecular complexity index is 680. The van der Waals surface area contributed by atoms with E-state index < -0.39 is 11.9 Å². The van der Waals surface area contributed by atoms with E-state index in [4.69, 9.17) is 9.84 Å². The maximum absolute atomic E-state index is 11.8. The number of hydrogen-bond donors (Lipinski definition) is 2. The second-order valence-corrected chi connectivity index (χ2v) is 5.13. The Labute approximate surface area is 151 Å². The Morgan fingerprint density at radius 1 is 1.16 bits per heavy atom. The summed E-state index contributed by atoms with van der Waals surface area (Å²) in [6.45, 7) is 2.93. The summed E-state index contributed by atoms with van der Waals surface area (Å²) < 4.78 is 5.71. The molecule has 1 unspecified atom stereocenters. The predicted octanol–water partition coefficient (Wildman–Crippen LogP) is 2.49. The summed E-state index contributed by atoms with van der Waals surface area (Å²) in [5.41, 5.74) is 0.990. The van der Waals surface area contributed by atoms with Crippen molar-refractivity contribution in [3.8, 4) is 0 Å². The number of benzene rings is 1. The van der Waals surface area contributed by atoms with Crippen molar-refractivity contribution in [3.05, 3.63) is 59.7 Å². The number of nitrogens with zero attached hydrogens (tertiary/aromatic N) is 2. The summed E-state index contributed by atoms with van der Waals surface area (Å²) >= 11 is 0. The number of carbonyl (C=O) groups is 2. The average Bonchev–Trinajstić information content (AvgIpc) is 2.62. The third kappa shape index (κ3) is 6.48. The highest BCUT2D eigenvalue weighted by Gasteiger charge is 2.10. The number of hydrogen-bond acceptors (Lipinski definition) is 5. The first-order valence-electron chi connectivity index (χ1n) is 7.58. The fourth-order valence-corrected chi connectivity index (χ4v) is 2.00. The molecule has 1 heterocycles. The molecular formula is C17H20ClN3O4. The summed E-state index contributed by atoms with van der Waals surface area (Å²) in [7, 11) is 0. The molecule has 0 saturated carbocycles. The van der Waals surface area contributed by atoms with Crippen LogP contribution < -0.4 is 5.32 Å². The zero-order valence-corrected chi connectivity index (χ0v) is 14.5. The number of nitrogens with one attached hydrogen (secondary N) is 1. The number of aromatic carboxylic acids is 1. The second-order valence-electron chi connectivity index (χ2n) is 5.13. The number of aromatic nitrogens is 2. The van der Waals surface area contributed by atoms with Crippen molar-refractivity contribution < 1.29 is 19.4 Å². The first kappa shape index (κ1) is 20.5. The van der Waals surface area contributed by atoms with Crippen LogP contribution >= 0.6 is 12.4 Å². The maximum atomic E-state index is 11.8. The summed E-state index contributed by atoms with van der Waals surface area (Å²) in [4.78, 5) is 29.9. The number of carboxylic acid groups (broad SMARTS) is 1. The van der Waals surface area contributed by atoms with Crippen LogP contribution in [-0.4, -0.2) is 40.1 Å². The molecule has 0 saturated heterocycles. The summed E-state index contributed by atoms with van der Waals surface area (Å²) in [5.74, 6) is -1.57. The van der Waals surface area contributed by atoms with Crippen molar-refractivity contribution in [1.29, 1.82) is 0 Å². The standard InChI is InChI=1S/C17H19N3O4.ClH/c1-12(13-6-3-2-4-7-13)24-9-5-8-18-16(21)14-10-20-15(11-19-14)17(22)23;/h2-4,6-7,10-12H,5,8-9H2,1H3,(H,18,21)(H,22,23);1H. The van der Waals surface area contributed by atoms with E-state index in [1.165, 1.54) is 0 Å². The molecule has 25 heavy (non-hydrogen) atoms. The van der Waals surface area contributed by atoms with Gasteiger partial charge in [0.05, 0.1) is 18.5 Å². The lowest BCUT2D eigenvalue weighted by Gasteiger charge is -2.13. The fourth-order valence-electron chi connectivity index (χ4n) is 2.00. The molecular weight excluding hydrogens is 346 g/mol. The molecule has 0 fully saturated rings. The minimum atomic E-state index is -1.18. The molecule has 1 atom stereocenters. The molecule has 0 spiro atoms. The minimum Gasteiger partial charge on any atom is -0.476 e. The van der Waals surface area contributed by atoms with Crippen molar-refractivity contribution in [2.24, 2.45) is 0 Å². The number of amides is 1. The molecule has 8 heteroatoms. The smallest absolute Gasteiger partial charge is 0.356 e. The van der Waals surface area contributed by atoms with Gasteiger partial charge in [0.25, 0.3) is 5.91 Å². The van der Waals surface area contributed by atoms with Crippen LogP contribution in [-0.2, 0) is 4.74 Å². The van der Waals surface area contributed by atoms with Crippen LogP contribution in [0.1, 0.15) is 46.0 Å². The van der Waals surface area contributed by atoms with E-state index in [1.807, 2.05) is 37.3 Å². The zero-order valence-electron chi connectivity index (χ0n) is 13.7. The van der Waals surface area contributed by atoms with Crippen LogP contribution in [0.5, 0.6) is 0 Å². The molecule has 7 nitrogen and oxygen atoms in total. The van der Waals surface area contributed by atoms with E-state index in [2.05, 4.69) is 15.3 Å². The third-order valence-electron chi connectivity index (χ3n) is 3.35. The molecule has 0 aliphatic carbocycles. The lowest BCUT2D eigenvalue weighted by atomic mass is 10.1. The van der Waals surface area contributed by atoms with Crippen LogP contribution in [0.4, 0.5) is 0 Å². The van der Waals surface area contributed by atoms with Crippen LogP contribution in [0.2, 0.25) is 0 Å². The van der Waals surface area contributed by atoms with Gasteiger partial charge < -0.3 is 15.2 Å².